The van der Waals surface area contributed by atoms with Crippen molar-refractivity contribution in [2.75, 3.05) is 13.2 Å². The molecule has 1 saturated heterocycles. The second-order valence-corrected chi connectivity index (χ2v) is 11.9. The summed E-state index contributed by atoms with van der Waals surface area (Å²) in [6.07, 6.45) is -4.93. The molecule has 3 radical (unpaired) electrons. The highest BCUT2D eigenvalue weighted by Crippen LogP contribution is 2.29. The van der Waals surface area contributed by atoms with E-state index in [1.165, 1.54) is 29.2 Å². The van der Waals surface area contributed by atoms with Crippen LogP contribution >= 0.6 is 11.6 Å². The van der Waals surface area contributed by atoms with Gasteiger partial charge in [0.15, 0.2) is 6.61 Å². The molecule has 1 aliphatic heterocycles. The zero-order valence-corrected chi connectivity index (χ0v) is 24.3. The molecule has 0 saturated carbocycles. The Labute approximate surface area is 243 Å². The van der Waals surface area contributed by atoms with Gasteiger partial charge in [-0.05, 0) is 63.4 Å². The first-order chi connectivity index (χ1) is 19.0. The Balaban J connectivity index is 1.66. The summed E-state index contributed by atoms with van der Waals surface area (Å²) in [5, 5.41) is 4.15. The maximum absolute atomic E-state index is 13.6. The number of carbonyl (C=O) groups is 3. The first-order valence-electron chi connectivity index (χ1n) is 12.5. The first kappa shape index (κ1) is 32.2. The summed E-state index contributed by atoms with van der Waals surface area (Å²) >= 11 is 5.65. The summed E-state index contributed by atoms with van der Waals surface area (Å²) in [4.78, 5) is 40.0. The molecule has 2 aromatic carbocycles. The van der Waals surface area contributed by atoms with Gasteiger partial charge in [0.05, 0.1) is 20.8 Å². The minimum absolute atomic E-state index is 0.0615. The lowest BCUT2D eigenvalue weighted by molar-refractivity contribution is -0.137. The SMILES string of the molecule is CC(C)(C)OC(=O)N1C[C@]([Si])(NC(=O)COc2ccc(Cl)c(F)c2)CC[C@@H]1C(=O)NCc1ccc(C(F)(F)F)cc1. The van der Waals surface area contributed by atoms with E-state index in [-0.39, 0.29) is 36.7 Å². The van der Waals surface area contributed by atoms with Crippen LogP contribution < -0.4 is 15.4 Å². The minimum Gasteiger partial charge on any atom is -0.484 e. The molecule has 0 aromatic heterocycles. The highest BCUT2D eigenvalue weighted by atomic mass is 35.5. The number of carbonyl (C=O) groups excluding carboxylic acids is 3. The quantitative estimate of drug-likeness (QED) is 0.352. The van der Waals surface area contributed by atoms with Gasteiger partial charge >= 0.3 is 12.3 Å². The van der Waals surface area contributed by atoms with Gasteiger partial charge < -0.3 is 20.1 Å². The van der Waals surface area contributed by atoms with Crippen molar-refractivity contribution in [3.8, 4) is 5.75 Å². The van der Waals surface area contributed by atoms with Crippen LogP contribution in [0.5, 0.6) is 5.75 Å². The molecule has 1 fully saturated rings. The molecule has 8 nitrogen and oxygen atoms in total. The largest absolute Gasteiger partial charge is 0.484 e. The molecule has 2 atom stereocenters. The molecule has 14 heteroatoms. The van der Waals surface area contributed by atoms with Crippen molar-refractivity contribution in [1.82, 2.24) is 15.5 Å². The van der Waals surface area contributed by atoms with E-state index < -0.39 is 58.9 Å². The summed E-state index contributed by atoms with van der Waals surface area (Å²) < 4.78 is 62.9. The standard InChI is InChI=1S/C27H29ClF4N3O5Si/c1-25(2,3)40-24(38)35-15-26(41,34-22(36)14-39-18-8-9-19(28)20(29)12-18)11-10-21(35)23(37)33-13-16-4-6-17(7-5-16)27(30,31)32/h4-9,12,21H,10-11,13-15H2,1-3H3,(H,33,37)(H,34,36)/t21-,26+/m1/s1. The van der Waals surface area contributed by atoms with E-state index in [1.54, 1.807) is 20.8 Å². The topological polar surface area (TPSA) is 97.0 Å². The van der Waals surface area contributed by atoms with E-state index in [9.17, 15) is 31.9 Å². The van der Waals surface area contributed by atoms with Gasteiger partial charge in [0.25, 0.3) is 5.91 Å². The second-order valence-electron chi connectivity index (χ2n) is 10.6. The first-order valence-corrected chi connectivity index (χ1v) is 13.4. The molecule has 3 amide bonds. The molecule has 0 spiro atoms. The third-order valence-electron chi connectivity index (χ3n) is 5.98. The number of nitrogens with zero attached hydrogens (tertiary/aromatic N) is 1. The van der Waals surface area contributed by atoms with Crippen LogP contribution in [0.25, 0.3) is 0 Å². The number of rotatable bonds is 7. The number of piperidine rings is 1. The van der Waals surface area contributed by atoms with E-state index >= 15 is 0 Å². The van der Waals surface area contributed by atoms with Crippen LogP contribution in [0.4, 0.5) is 22.4 Å². The van der Waals surface area contributed by atoms with Crippen molar-refractivity contribution in [2.45, 2.75) is 63.1 Å². The normalized spacial score (nSPS) is 19.3. The minimum atomic E-state index is -4.48. The van der Waals surface area contributed by atoms with Crippen molar-refractivity contribution in [1.29, 1.82) is 0 Å². The Kier molecular flexibility index (Phi) is 9.96. The fourth-order valence-corrected chi connectivity index (χ4v) is 4.61. The zero-order chi connectivity index (χ0) is 30.6. The van der Waals surface area contributed by atoms with Gasteiger partial charge in [0.1, 0.15) is 23.2 Å². The molecule has 2 N–H and O–H groups in total. The van der Waals surface area contributed by atoms with E-state index in [2.05, 4.69) is 20.9 Å². The molecule has 3 rings (SSSR count). The summed E-state index contributed by atoms with van der Waals surface area (Å²) in [6, 6.07) is 7.11. The number of benzene rings is 2. The van der Waals surface area contributed by atoms with Gasteiger partial charge in [-0.1, -0.05) is 23.7 Å². The molecule has 221 valence electrons. The molecule has 1 heterocycles. The summed E-state index contributed by atoms with van der Waals surface area (Å²) in [7, 11) is 3.53. The molecule has 2 aromatic rings. The number of alkyl halides is 3. The maximum atomic E-state index is 13.6. The number of nitrogens with one attached hydrogen (secondary N) is 2. The number of likely N-dealkylation sites (tertiary alicyclic amines) is 1. The van der Waals surface area contributed by atoms with Gasteiger partial charge in [0, 0.05) is 24.3 Å². The van der Waals surface area contributed by atoms with Crippen LogP contribution in [0, 0.1) is 5.82 Å². The van der Waals surface area contributed by atoms with E-state index in [1.807, 2.05) is 0 Å². The van der Waals surface area contributed by atoms with E-state index in [4.69, 9.17) is 21.1 Å². The zero-order valence-electron chi connectivity index (χ0n) is 22.5. The van der Waals surface area contributed by atoms with Crippen molar-refractivity contribution in [3.63, 3.8) is 0 Å². The fourth-order valence-electron chi connectivity index (χ4n) is 4.04. The van der Waals surface area contributed by atoms with Crippen LogP contribution in [0.15, 0.2) is 42.5 Å². The Hall–Kier alpha value is -3.32. The van der Waals surface area contributed by atoms with Crippen molar-refractivity contribution < 1.29 is 41.4 Å². The number of halogens is 5. The predicted molar refractivity (Wildman–Crippen MR) is 143 cm³/mol. The Morgan fingerprint density at radius 1 is 1.12 bits per heavy atom. The third kappa shape index (κ3) is 9.35. The van der Waals surface area contributed by atoms with Crippen LogP contribution in [-0.2, 0) is 27.0 Å². The lowest BCUT2D eigenvalue weighted by Gasteiger charge is -2.45. The third-order valence-corrected chi connectivity index (χ3v) is 6.82. The molecular weight excluding hydrogens is 586 g/mol. The summed E-state index contributed by atoms with van der Waals surface area (Å²) in [5.74, 6) is -1.73. The van der Waals surface area contributed by atoms with Crippen molar-refractivity contribution >= 4 is 39.8 Å². The van der Waals surface area contributed by atoms with Crippen LogP contribution in [0.3, 0.4) is 0 Å². The van der Waals surface area contributed by atoms with Crippen LogP contribution in [0.1, 0.15) is 44.7 Å². The Morgan fingerprint density at radius 3 is 2.37 bits per heavy atom. The van der Waals surface area contributed by atoms with Gasteiger partial charge in [-0.3, -0.25) is 14.5 Å². The van der Waals surface area contributed by atoms with Gasteiger partial charge in [-0.2, -0.15) is 13.2 Å². The molecule has 1 aliphatic rings. The summed E-state index contributed by atoms with van der Waals surface area (Å²) in [6.45, 7) is 4.31. The second kappa shape index (κ2) is 12.7. The van der Waals surface area contributed by atoms with E-state index in [0.717, 1.165) is 18.2 Å². The molecule has 0 aliphatic carbocycles. The molecular formula is C27H29ClF4N3O5Si. The lowest BCUT2D eigenvalue weighted by Crippen LogP contribution is -2.65. The molecule has 0 bridgehead atoms. The Morgan fingerprint density at radius 2 is 1.78 bits per heavy atom. The van der Waals surface area contributed by atoms with Crippen molar-refractivity contribution in [2.24, 2.45) is 0 Å². The average molecular weight is 615 g/mol. The highest BCUT2D eigenvalue weighted by Gasteiger charge is 2.43. The highest BCUT2D eigenvalue weighted by molar-refractivity contribution is 6.30. The molecule has 0 unspecified atom stereocenters. The number of ether oxygens (including phenoxy) is 2. The van der Waals surface area contributed by atoms with Crippen LogP contribution in [-0.4, -0.2) is 63.0 Å². The van der Waals surface area contributed by atoms with E-state index in [0.29, 0.717) is 5.56 Å². The smallest absolute Gasteiger partial charge is 0.416 e. The fraction of sp³-hybridized carbons (Fsp3) is 0.444. The number of hydrogen-bond donors (Lipinski definition) is 2. The monoisotopic (exact) mass is 614 g/mol. The number of amides is 3. The van der Waals surface area contributed by atoms with Crippen molar-refractivity contribution in [3.05, 3.63) is 64.4 Å². The maximum Gasteiger partial charge on any atom is 0.416 e. The summed E-state index contributed by atoms with van der Waals surface area (Å²) in [5.41, 5.74) is -1.25. The average Bonchev–Trinajstić information content (AvgIpc) is 2.86. The Bertz CT molecular complexity index is 1270. The van der Waals surface area contributed by atoms with Gasteiger partial charge in [0.2, 0.25) is 5.91 Å². The molecule has 41 heavy (non-hydrogen) atoms. The number of hydrogen-bond acceptors (Lipinski definition) is 5. The van der Waals surface area contributed by atoms with Gasteiger partial charge in [-0.25, -0.2) is 9.18 Å². The predicted octanol–water partition coefficient (Wildman–Crippen LogP) is 4.57. The lowest BCUT2D eigenvalue weighted by atomic mass is 9.96. The van der Waals surface area contributed by atoms with Crippen LogP contribution in [0.2, 0.25) is 5.02 Å². The van der Waals surface area contributed by atoms with Gasteiger partial charge in [-0.15, -0.1) is 0 Å².